The van der Waals surface area contributed by atoms with Crippen LogP contribution in [0.25, 0.3) is 0 Å². The zero-order valence-corrected chi connectivity index (χ0v) is 10.5. The number of hydrogen-bond acceptors (Lipinski definition) is 3. The second-order valence-electron chi connectivity index (χ2n) is 4.84. The summed E-state index contributed by atoms with van der Waals surface area (Å²) in [4.78, 5) is 0. The summed E-state index contributed by atoms with van der Waals surface area (Å²) in [7, 11) is -3.15. The zero-order valence-electron chi connectivity index (χ0n) is 9.73. The monoisotopic (exact) mass is 235 g/mol. The Bertz CT molecular complexity index is 309. The van der Waals surface area contributed by atoms with Crippen molar-refractivity contribution in [2.45, 2.75) is 50.9 Å². The third-order valence-corrected chi connectivity index (χ3v) is 5.25. The Morgan fingerprint density at radius 3 is 2.40 bits per heavy atom. The maximum absolute atomic E-state index is 11.9. The number of sulfonamides is 1. The van der Waals surface area contributed by atoms with Crippen LogP contribution in [0, 0.1) is 0 Å². The maximum Gasteiger partial charge on any atom is 0.216 e. The molecular weight excluding hydrogens is 214 g/mol. The van der Waals surface area contributed by atoms with Gasteiger partial charge in [0.1, 0.15) is 0 Å². The lowest BCUT2D eigenvalue weighted by Gasteiger charge is -2.23. The van der Waals surface area contributed by atoms with Crippen molar-refractivity contribution in [3.05, 3.63) is 0 Å². The first-order chi connectivity index (χ1) is 6.76. The van der Waals surface area contributed by atoms with Gasteiger partial charge in [0.05, 0.1) is 10.9 Å². The van der Waals surface area contributed by atoms with Crippen LogP contribution >= 0.6 is 0 Å². The van der Waals surface area contributed by atoms with E-state index >= 15 is 0 Å². The number of hydrogen-bond donors (Lipinski definition) is 1. The Morgan fingerprint density at radius 1 is 1.27 bits per heavy atom. The number of aliphatic hydroxyl groups is 1. The highest BCUT2D eigenvalue weighted by molar-refractivity contribution is 7.89. The van der Waals surface area contributed by atoms with Crippen LogP contribution in [0.3, 0.4) is 0 Å². The summed E-state index contributed by atoms with van der Waals surface area (Å²) in [5.41, 5.74) is -0.707. The van der Waals surface area contributed by atoms with Crippen LogP contribution in [0.4, 0.5) is 0 Å². The standard InChI is InChI=1S/C10H21NO3S/c1-9(2)15(13,14)11-7-4-5-10(3,12)6-8-11/h9,12H,4-8H2,1-3H3. The van der Waals surface area contributed by atoms with Crippen molar-refractivity contribution in [2.24, 2.45) is 0 Å². The fraction of sp³-hybridized carbons (Fsp3) is 1.00. The van der Waals surface area contributed by atoms with E-state index in [0.29, 0.717) is 25.9 Å². The van der Waals surface area contributed by atoms with Crippen LogP contribution in [0.1, 0.15) is 40.0 Å². The topological polar surface area (TPSA) is 57.6 Å². The second-order valence-corrected chi connectivity index (χ2v) is 7.33. The fourth-order valence-corrected chi connectivity index (χ4v) is 3.12. The van der Waals surface area contributed by atoms with Crippen LogP contribution in [0.5, 0.6) is 0 Å². The molecule has 0 spiro atoms. The molecule has 1 fully saturated rings. The first-order valence-electron chi connectivity index (χ1n) is 5.47. The molecule has 0 saturated carbocycles. The molecule has 0 bridgehead atoms. The molecule has 4 nitrogen and oxygen atoms in total. The van der Waals surface area contributed by atoms with Crippen molar-refractivity contribution >= 4 is 10.0 Å². The molecule has 1 aliphatic rings. The third-order valence-electron chi connectivity index (χ3n) is 2.98. The van der Waals surface area contributed by atoms with Gasteiger partial charge in [0.25, 0.3) is 0 Å². The van der Waals surface area contributed by atoms with Crippen LogP contribution < -0.4 is 0 Å². The van der Waals surface area contributed by atoms with Gasteiger partial charge in [0.2, 0.25) is 10.0 Å². The number of nitrogens with zero attached hydrogens (tertiary/aromatic N) is 1. The molecular formula is C10H21NO3S. The Morgan fingerprint density at radius 2 is 1.87 bits per heavy atom. The summed E-state index contributed by atoms with van der Waals surface area (Å²) in [6, 6.07) is 0. The predicted molar refractivity (Wildman–Crippen MR) is 60.1 cm³/mol. The smallest absolute Gasteiger partial charge is 0.216 e. The van der Waals surface area contributed by atoms with E-state index < -0.39 is 15.6 Å². The van der Waals surface area contributed by atoms with Crippen molar-refractivity contribution in [3.63, 3.8) is 0 Å². The molecule has 0 aromatic carbocycles. The van der Waals surface area contributed by atoms with Crippen molar-refractivity contribution < 1.29 is 13.5 Å². The van der Waals surface area contributed by atoms with Gasteiger partial charge in [0.15, 0.2) is 0 Å². The zero-order chi connectivity index (χ0) is 11.7. The first-order valence-corrected chi connectivity index (χ1v) is 6.97. The Labute approximate surface area is 92.3 Å². The molecule has 1 unspecified atom stereocenters. The minimum Gasteiger partial charge on any atom is -0.390 e. The van der Waals surface area contributed by atoms with E-state index in [-0.39, 0.29) is 5.25 Å². The van der Waals surface area contributed by atoms with Gasteiger partial charge in [-0.25, -0.2) is 12.7 Å². The lowest BCUT2D eigenvalue weighted by molar-refractivity contribution is 0.0465. The van der Waals surface area contributed by atoms with Crippen LogP contribution in [-0.2, 0) is 10.0 Å². The SMILES string of the molecule is CC(C)S(=O)(=O)N1CCCC(C)(O)CC1. The summed E-state index contributed by atoms with van der Waals surface area (Å²) in [6.07, 6.45) is 1.94. The van der Waals surface area contributed by atoms with Crippen molar-refractivity contribution in [1.82, 2.24) is 4.31 Å². The molecule has 0 aromatic rings. The fourth-order valence-electron chi connectivity index (χ4n) is 1.79. The lowest BCUT2D eigenvalue weighted by atomic mass is 9.98. The third kappa shape index (κ3) is 3.16. The van der Waals surface area contributed by atoms with Gasteiger partial charge >= 0.3 is 0 Å². The van der Waals surface area contributed by atoms with Crippen LogP contribution in [0.2, 0.25) is 0 Å². The van der Waals surface area contributed by atoms with Gasteiger partial charge in [-0.1, -0.05) is 0 Å². The molecule has 0 aliphatic carbocycles. The highest BCUT2D eigenvalue weighted by atomic mass is 32.2. The summed E-state index contributed by atoms with van der Waals surface area (Å²) >= 11 is 0. The second kappa shape index (κ2) is 4.39. The minimum atomic E-state index is -3.15. The Kier molecular flexibility index (Phi) is 3.79. The quantitative estimate of drug-likeness (QED) is 0.775. The molecule has 1 atom stereocenters. The number of rotatable bonds is 2. The van der Waals surface area contributed by atoms with Crippen LogP contribution in [-0.4, -0.2) is 41.8 Å². The van der Waals surface area contributed by atoms with Crippen LogP contribution in [0.15, 0.2) is 0 Å². The Hall–Kier alpha value is -0.130. The minimum absolute atomic E-state index is 0.374. The highest BCUT2D eigenvalue weighted by Gasteiger charge is 2.31. The molecule has 1 heterocycles. The van der Waals surface area contributed by atoms with Crippen molar-refractivity contribution in [1.29, 1.82) is 0 Å². The molecule has 1 aliphatic heterocycles. The molecule has 0 amide bonds. The van der Waals surface area contributed by atoms with E-state index in [0.717, 1.165) is 6.42 Å². The van der Waals surface area contributed by atoms with E-state index in [2.05, 4.69) is 0 Å². The van der Waals surface area contributed by atoms with Crippen molar-refractivity contribution in [3.8, 4) is 0 Å². The summed E-state index contributed by atoms with van der Waals surface area (Å²) < 4.78 is 25.3. The van der Waals surface area contributed by atoms with E-state index in [4.69, 9.17) is 0 Å². The van der Waals surface area contributed by atoms with Gasteiger partial charge in [-0.15, -0.1) is 0 Å². The van der Waals surface area contributed by atoms with E-state index in [9.17, 15) is 13.5 Å². The molecule has 1 saturated heterocycles. The average molecular weight is 235 g/mol. The first kappa shape index (κ1) is 12.9. The van der Waals surface area contributed by atoms with E-state index in [1.54, 1.807) is 20.8 Å². The highest BCUT2D eigenvalue weighted by Crippen LogP contribution is 2.23. The molecule has 0 radical (unpaired) electrons. The molecule has 90 valence electrons. The molecule has 15 heavy (non-hydrogen) atoms. The largest absolute Gasteiger partial charge is 0.390 e. The molecule has 1 N–H and O–H groups in total. The van der Waals surface area contributed by atoms with E-state index in [1.165, 1.54) is 4.31 Å². The lowest BCUT2D eigenvalue weighted by Crippen LogP contribution is -2.37. The van der Waals surface area contributed by atoms with Gasteiger partial charge in [0, 0.05) is 13.1 Å². The van der Waals surface area contributed by atoms with Crippen molar-refractivity contribution in [2.75, 3.05) is 13.1 Å². The summed E-state index contributed by atoms with van der Waals surface area (Å²) in [5, 5.41) is 9.48. The Balaban J connectivity index is 2.75. The summed E-state index contributed by atoms with van der Waals surface area (Å²) in [5.74, 6) is 0. The maximum atomic E-state index is 11.9. The van der Waals surface area contributed by atoms with E-state index in [1.807, 2.05) is 0 Å². The van der Waals surface area contributed by atoms with Gasteiger partial charge in [-0.3, -0.25) is 0 Å². The average Bonchev–Trinajstić information content (AvgIpc) is 2.26. The predicted octanol–water partition coefficient (Wildman–Crippen LogP) is 0.962. The van der Waals surface area contributed by atoms with Gasteiger partial charge < -0.3 is 5.11 Å². The molecule has 5 heteroatoms. The molecule has 1 rings (SSSR count). The summed E-state index contributed by atoms with van der Waals surface area (Å²) in [6.45, 7) is 6.14. The normalized spacial score (nSPS) is 30.5. The van der Waals surface area contributed by atoms with Gasteiger partial charge in [-0.2, -0.15) is 0 Å². The van der Waals surface area contributed by atoms with Gasteiger partial charge in [-0.05, 0) is 40.0 Å². The molecule has 0 aromatic heterocycles.